The van der Waals surface area contributed by atoms with Crippen LogP contribution in [0.25, 0.3) is 0 Å². The van der Waals surface area contributed by atoms with Gasteiger partial charge in [0.15, 0.2) is 0 Å². The minimum absolute atomic E-state index is 0.279. The van der Waals surface area contributed by atoms with Crippen LogP contribution in [0.3, 0.4) is 0 Å². The summed E-state index contributed by atoms with van der Waals surface area (Å²) in [5.74, 6) is 1.40. The summed E-state index contributed by atoms with van der Waals surface area (Å²) in [5, 5.41) is 11.2. The molecule has 0 rings (SSSR count). The monoisotopic (exact) mass is 160 g/mol. The lowest BCUT2D eigenvalue weighted by Gasteiger charge is -2.07. The van der Waals surface area contributed by atoms with E-state index in [0.29, 0.717) is 5.92 Å². The van der Waals surface area contributed by atoms with Gasteiger partial charge in [-0.2, -0.15) is 0 Å². The van der Waals surface area contributed by atoms with E-state index in [4.69, 9.17) is 0 Å². The Morgan fingerprint density at radius 1 is 1.50 bits per heavy atom. The largest absolute Gasteiger partial charge is 0.389 e. The van der Waals surface area contributed by atoms with Gasteiger partial charge in [0, 0.05) is 0 Å². The minimum atomic E-state index is -0.279. The molecule has 0 aromatic carbocycles. The van der Waals surface area contributed by atoms with Gasteiger partial charge in [0.2, 0.25) is 0 Å². The molecule has 0 aliphatic heterocycles. The first-order chi connectivity index (χ1) is 4.68. The third-order valence-corrected chi connectivity index (χ3v) is 1.90. The van der Waals surface area contributed by atoms with Crippen LogP contribution in [0, 0.1) is 5.92 Å². The predicted octanol–water partition coefficient (Wildman–Crippen LogP) is 2.27. The van der Waals surface area contributed by atoms with Gasteiger partial charge < -0.3 is 5.11 Å². The van der Waals surface area contributed by atoms with E-state index in [1.54, 1.807) is 11.8 Å². The molecule has 0 aromatic heterocycles. The van der Waals surface area contributed by atoms with Gasteiger partial charge in [-0.1, -0.05) is 20.8 Å². The molecule has 0 heterocycles. The van der Waals surface area contributed by atoms with Crippen LogP contribution >= 0.6 is 11.8 Å². The highest BCUT2D eigenvalue weighted by molar-refractivity contribution is 8.02. The van der Waals surface area contributed by atoms with Crippen molar-refractivity contribution in [2.45, 2.75) is 26.9 Å². The summed E-state index contributed by atoms with van der Waals surface area (Å²) < 4.78 is 0. The smallest absolute Gasteiger partial charge is 0.0751 e. The molecule has 10 heavy (non-hydrogen) atoms. The molecule has 1 unspecified atom stereocenters. The third-order valence-electron chi connectivity index (χ3n) is 1.22. The highest BCUT2D eigenvalue weighted by Crippen LogP contribution is 2.06. The second-order valence-corrected chi connectivity index (χ2v) is 3.70. The van der Waals surface area contributed by atoms with E-state index in [9.17, 15) is 5.11 Å². The fourth-order valence-corrected chi connectivity index (χ4v) is 0.919. The highest BCUT2D eigenvalue weighted by Gasteiger charge is 2.02. The van der Waals surface area contributed by atoms with Crippen molar-refractivity contribution >= 4 is 11.8 Å². The summed E-state index contributed by atoms with van der Waals surface area (Å²) in [5.41, 5.74) is 0. The number of aliphatic hydroxyl groups excluding tert-OH is 1. The Kier molecular flexibility index (Phi) is 5.84. The molecule has 0 saturated carbocycles. The van der Waals surface area contributed by atoms with Gasteiger partial charge in [-0.25, -0.2) is 0 Å². The Labute approximate surface area is 67.5 Å². The maximum atomic E-state index is 9.25. The zero-order valence-corrected chi connectivity index (χ0v) is 7.69. The summed E-state index contributed by atoms with van der Waals surface area (Å²) in [6.45, 7) is 6.11. The third kappa shape index (κ3) is 4.89. The number of aliphatic hydroxyl groups is 1. The molecule has 0 saturated heterocycles. The second-order valence-electron chi connectivity index (χ2n) is 2.52. The molecular weight excluding hydrogens is 144 g/mol. The number of rotatable bonds is 4. The molecular formula is C8H16OS. The van der Waals surface area contributed by atoms with Gasteiger partial charge in [0.1, 0.15) is 0 Å². The van der Waals surface area contributed by atoms with Crippen molar-refractivity contribution in [3.05, 3.63) is 11.5 Å². The minimum Gasteiger partial charge on any atom is -0.389 e. The highest BCUT2D eigenvalue weighted by atomic mass is 32.2. The first-order valence-electron chi connectivity index (χ1n) is 3.64. The van der Waals surface area contributed by atoms with Crippen LogP contribution in [0.2, 0.25) is 0 Å². The Morgan fingerprint density at radius 3 is 2.50 bits per heavy atom. The molecule has 2 heteroatoms. The summed E-state index contributed by atoms with van der Waals surface area (Å²) in [7, 11) is 0. The van der Waals surface area contributed by atoms with E-state index in [0.717, 1.165) is 5.75 Å². The average molecular weight is 160 g/mol. The lowest BCUT2D eigenvalue weighted by atomic mass is 10.1. The van der Waals surface area contributed by atoms with E-state index < -0.39 is 0 Å². The zero-order valence-electron chi connectivity index (χ0n) is 6.87. The molecule has 1 atom stereocenters. The lowest BCUT2D eigenvalue weighted by Crippen LogP contribution is -2.10. The van der Waals surface area contributed by atoms with Crippen LogP contribution in [0.5, 0.6) is 0 Å². The zero-order chi connectivity index (χ0) is 7.98. The number of hydrogen-bond donors (Lipinski definition) is 1. The van der Waals surface area contributed by atoms with Crippen LogP contribution in [-0.2, 0) is 0 Å². The van der Waals surface area contributed by atoms with Crippen molar-refractivity contribution < 1.29 is 5.11 Å². The first-order valence-corrected chi connectivity index (χ1v) is 4.69. The van der Waals surface area contributed by atoms with Gasteiger partial charge in [0.05, 0.1) is 6.10 Å². The van der Waals surface area contributed by atoms with E-state index in [-0.39, 0.29) is 6.10 Å². The summed E-state index contributed by atoms with van der Waals surface area (Å²) >= 11 is 1.71. The quantitative estimate of drug-likeness (QED) is 0.681. The number of thioether (sulfide) groups is 1. The second kappa shape index (κ2) is 5.81. The molecule has 0 radical (unpaired) electrons. The Hall–Kier alpha value is 0.0500. The molecule has 1 N–H and O–H groups in total. The van der Waals surface area contributed by atoms with Gasteiger partial charge in [-0.05, 0) is 23.2 Å². The van der Waals surface area contributed by atoms with E-state index in [1.807, 2.05) is 25.3 Å². The van der Waals surface area contributed by atoms with Crippen LogP contribution < -0.4 is 0 Å². The molecule has 0 amide bonds. The standard InChI is InChI=1S/C8H16OS/c1-4-10-6-5-8(9)7(2)3/h5-9H,4H2,1-3H3/b6-5+. The normalized spacial score (nSPS) is 14.9. The fraction of sp³-hybridized carbons (Fsp3) is 0.750. The Balaban J connectivity index is 3.45. The van der Waals surface area contributed by atoms with Crippen LogP contribution in [0.1, 0.15) is 20.8 Å². The molecule has 0 fully saturated rings. The Morgan fingerprint density at radius 2 is 2.10 bits per heavy atom. The molecule has 0 aliphatic rings. The van der Waals surface area contributed by atoms with Gasteiger partial charge in [0.25, 0.3) is 0 Å². The summed E-state index contributed by atoms with van der Waals surface area (Å²) in [4.78, 5) is 0. The topological polar surface area (TPSA) is 20.2 Å². The van der Waals surface area contributed by atoms with Crippen molar-refractivity contribution in [2.24, 2.45) is 5.92 Å². The van der Waals surface area contributed by atoms with Gasteiger partial charge in [-0.3, -0.25) is 0 Å². The molecule has 1 nitrogen and oxygen atoms in total. The molecule has 0 spiro atoms. The van der Waals surface area contributed by atoms with E-state index in [1.165, 1.54) is 0 Å². The molecule has 0 aromatic rings. The van der Waals surface area contributed by atoms with Crippen molar-refractivity contribution in [3.8, 4) is 0 Å². The van der Waals surface area contributed by atoms with Gasteiger partial charge in [-0.15, -0.1) is 11.8 Å². The van der Waals surface area contributed by atoms with Crippen molar-refractivity contribution in [1.29, 1.82) is 0 Å². The lowest BCUT2D eigenvalue weighted by molar-refractivity contribution is 0.172. The maximum absolute atomic E-state index is 9.25. The van der Waals surface area contributed by atoms with Gasteiger partial charge >= 0.3 is 0 Å². The molecule has 60 valence electrons. The van der Waals surface area contributed by atoms with E-state index in [2.05, 4.69) is 6.92 Å². The van der Waals surface area contributed by atoms with Crippen molar-refractivity contribution in [1.82, 2.24) is 0 Å². The average Bonchev–Trinajstić information content (AvgIpc) is 1.88. The van der Waals surface area contributed by atoms with Crippen LogP contribution in [0.15, 0.2) is 11.5 Å². The maximum Gasteiger partial charge on any atom is 0.0751 e. The number of hydrogen-bond acceptors (Lipinski definition) is 2. The van der Waals surface area contributed by atoms with Crippen molar-refractivity contribution in [2.75, 3.05) is 5.75 Å². The SMILES string of the molecule is CCS/C=C/C(O)C(C)C. The van der Waals surface area contributed by atoms with Crippen molar-refractivity contribution in [3.63, 3.8) is 0 Å². The predicted molar refractivity (Wildman–Crippen MR) is 48.1 cm³/mol. The fourth-order valence-electron chi connectivity index (χ4n) is 0.455. The Bertz CT molecular complexity index is 99.4. The van der Waals surface area contributed by atoms with Crippen LogP contribution in [0.4, 0.5) is 0 Å². The van der Waals surface area contributed by atoms with Crippen LogP contribution in [-0.4, -0.2) is 17.0 Å². The summed E-state index contributed by atoms with van der Waals surface area (Å²) in [6.07, 6.45) is 1.57. The summed E-state index contributed by atoms with van der Waals surface area (Å²) in [6, 6.07) is 0. The molecule has 0 bridgehead atoms. The van der Waals surface area contributed by atoms with E-state index >= 15 is 0 Å². The first kappa shape index (κ1) is 10.0. The molecule has 0 aliphatic carbocycles.